The van der Waals surface area contributed by atoms with Gasteiger partial charge in [0.05, 0.1) is 24.1 Å². The monoisotopic (exact) mass is 303 g/mol. The Hall–Kier alpha value is -2.67. The van der Waals surface area contributed by atoms with Crippen LogP contribution in [0.5, 0.6) is 0 Å². The van der Waals surface area contributed by atoms with Gasteiger partial charge in [-0.15, -0.1) is 0 Å². The summed E-state index contributed by atoms with van der Waals surface area (Å²) >= 11 is 0. The molecule has 116 valence electrons. The number of benzene rings is 1. The summed E-state index contributed by atoms with van der Waals surface area (Å²) in [6.07, 6.45) is 2.96. The quantitative estimate of drug-likeness (QED) is 0.830. The first-order valence-corrected chi connectivity index (χ1v) is 6.66. The van der Waals surface area contributed by atoms with Crippen LogP contribution in [0.15, 0.2) is 36.7 Å². The van der Waals surface area contributed by atoms with Crippen molar-refractivity contribution >= 4 is 11.9 Å². The van der Waals surface area contributed by atoms with Crippen molar-refractivity contribution in [3.63, 3.8) is 0 Å². The van der Waals surface area contributed by atoms with E-state index in [-0.39, 0.29) is 12.2 Å². The van der Waals surface area contributed by atoms with Crippen molar-refractivity contribution in [3.8, 4) is 5.69 Å². The minimum Gasteiger partial charge on any atom is -0.480 e. The van der Waals surface area contributed by atoms with Crippen molar-refractivity contribution in [3.05, 3.63) is 47.8 Å². The molecule has 0 saturated heterocycles. The predicted molar refractivity (Wildman–Crippen MR) is 79.1 cm³/mol. The third kappa shape index (κ3) is 3.50. The van der Waals surface area contributed by atoms with Crippen molar-refractivity contribution in [2.24, 2.45) is 0 Å². The Kier molecular flexibility index (Phi) is 4.90. The molecular formula is C15H17N3O4. The number of aromatic nitrogens is 2. The molecule has 1 aromatic heterocycles. The minimum atomic E-state index is -1.15. The summed E-state index contributed by atoms with van der Waals surface area (Å²) in [6.45, 7) is 1.84. The van der Waals surface area contributed by atoms with Gasteiger partial charge < -0.3 is 15.2 Å². The second-order valence-corrected chi connectivity index (χ2v) is 4.78. The van der Waals surface area contributed by atoms with Crippen LogP contribution in [-0.2, 0) is 9.53 Å². The molecule has 0 fully saturated rings. The van der Waals surface area contributed by atoms with Crippen LogP contribution in [0.3, 0.4) is 0 Å². The summed E-state index contributed by atoms with van der Waals surface area (Å²) in [7, 11) is 1.37. The van der Waals surface area contributed by atoms with Gasteiger partial charge in [0.25, 0.3) is 5.91 Å². The summed E-state index contributed by atoms with van der Waals surface area (Å²) in [5, 5.41) is 15.5. The van der Waals surface area contributed by atoms with Crippen LogP contribution in [-0.4, -0.2) is 46.5 Å². The Morgan fingerprint density at radius 2 is 2.14 bits per heavy atom. The molecule has 2 N–H and O–H groups in total. The molecule has 0 radical (unpaired) electrons. The van der Waals surface area contributed by atoms with Gasteiger partial charge in [-0.3, -0.25) is 4.79 Å². The summed E-state index contributed by atoms with van der Waals surface area (Å²) in [5.74, 6) is -1.66. The summed E-state index contributed by atoms with van der Waals surface area (Å²) in [6, 6.07) is 6.52. The van der Waals surface area contributed by atoms with Gasteiger partial charge >= 0.3 is 5.97 Å². The maximum atomic E-state index is 12.1. The van der Waals surface area contributed by atoms with Gasteiger partial charge in [0.15, 0.2) is 6.04 Å². The first-order chi connectivity index (χ1) is 10.5. The number of nitrogens with one attached hydrogen (secondary N) is 1. The van der Waals surface area contributed by atoms with E-state index in [1.54, 1.807) is 10.9 Å². The van der Waals surface area contributed by atoms with Crippen molar-refractivity contribution < 1.29 is 19.4 Å². The lowest BCUT2D eigenvalue weighted by Crippen LogP contribution is -2.43. The zero-order valence-electron chi connectivity index (χ0n) is 12.3. The SMILES string of the molecule is COCC(NC(=O)c1cnn(-c2ccccc2C)c1)C(=O)O. The van der Waals surface area contributed by atoms with Gasteiger partial charge in [0, 0.05) is 13.3 Å². The molecule has 0 saturated carbocycles. The minimum absolute atomic E-state index is 0.104. The van der Waals surface area contributed by atoms with Crippen LogP contribution in [0.25, 0.3) is 5.69 Å². The molecule has 1 atom stereocenters. The fraction of sp³-hybridized carbons (Fsp3) is 0.267. The van der Waals surface area contributed by atoms with Crippen molar-refractivity contribution in [2.45, 2.75) is 13.0 Å². The molecule has 1 aromatic carbocycles. The second-order valence-electron chi connectivity index (χ2n) is 4.78. The molecule has 7 heteroatoms. The number of aliphatic carboxylic acids is 1. The smallest absolute Gasteiger partial charge is 0.328 e. The fourth-order valence-corrected chi connectivity index (χ4v) is 1.98. The van der Waals surface area contributed by atoms with Gasteiger partial charge in [-0.25, -0.2) is 9.48 Å². The van der Waals surface area contributed by atoms with Crippen LogP contribution in [0.1, 0.15) is 15.9 Å². The molecule has 22 heavy (non-hydrogen) atoms. The number of ether oxygens (including phenoxy) is 1. The molecule has 1 amide bonds. The van der Waals surface area contributed by atoms with Crippen molar-refractivity contribution in [1.82, 2.24) is 15.1 Å². The molecule has 0 aliphatic heterocycles. The Labute approximate surface area is 127 Å². The Morgan fingerprint density at radius 3 is 2.77 bits per heavy atom. The van der Waals surface area contributed by atoms with Crippen LogP contribution in [0, 0.1) is 6.92 Å². The number of carboxylic acids is 1. The molecule has 0 bridgehead atoms. The van der Waals surface area contributed by atoms with Crippen molar-refractivity contribution in [2.75, 3.05) is 13.7 Å². The number of para-hydroxylation sites is 1. The Balaban J connectivity index is 2.16. The van der Waals surface area contributed by atoms with E-state index in [1.807, 2.05) is 31.2 Å². The van der Waals surface area contributed by atoms with E-state index in [4.69, 9.17) is 9.84 Å². The zero-order valence-corrected chi connectivity index (χ0v) is 12.3. The number of methoxy groups -OCH3 is 1. The maximum absolute atomic E-state index is 12.1. The molecule has 2 aromatic rings. The molecule has 0 spiro atoms. The molecular weight excluding hydrogens is 286 g/mol. The van der Waals surface area contributed by atoms with E-state index >= 15 is 0 Å². The van der Waals surface area contributed by atoms with E-state index in [2.05, 4.69) is 10.4 Å². The Morgan fingerprint density at radius 1 is 1.41 bits per heavy atom. The number of hydrogen-bond acceptors (Lipinski definition) is 4. The number of rotatable bonds is 6. The molecule has 1 heterocycles. The predicted octanol–water partition coefficient (Wildman–Crippen LogP) is 1.01. The topological polar surface area (TPSA) is 93.5 Å². The number of hydrogen-bond donors (Lipinski definition) is 2. The lowest BCUT2D eigenvalue weighted by Gasteiger charge is -2.12. The molecule has 2 rings (SSSR count). The summed E-state index contributed by atoms with van der Waals surface area (Å²) in [4.78, 5) is 23.1. The normalized spacial score (nSPS) is 11.9. The zero-order chi connectivity index (χ0) is 16.1. The van der Waals surface area contributed by atoms with Crippen LogP contribution in [0.4, 0.5) is 0 Å². The lowest BCUT2D eigenvalue weighted by molar-refractivity contribution is -0.140. The highest BCUT2D eigenvalue weighted by atomic mass is 16.5. The van der Waals surface area contributed by atoms with Crippen molar-refractivity contribution in [1.29, 1.82) is 0 Å². The van der Waals surface area contributed by atoms with E-state index in [1.165, 1.54) is 13.3 Å². The number of carbonyl (C=O) groups excluding carboxylic acids is 1. The van der Waals surface area contributed by atoms with E-state index in [0.717, 1.165) is 11.3 Å². The van der Waals surface area contributed by atoms with E-state index in [9.17, 15) is 9.59 Å². The molecule has 1 unspecified atom stereocenters. The van der Waals surface area contributed by atoms with Gasteiger partial charge in [0.2, 0.25) is 0 Å². The van der Waals surface area contributed by atoms with Crippen LogP contribution in [0.2, 0.25) is 0 Å². The largest absolute Gasteiger partial charge is 0.480 e. The first kappa shape index (κ1) is 15.7. The van der Waals surface area contributed by atoms with E-state index < -0.39 is 17.9 Å². The fourth-order valence-electron chi connectivity index (χ4n) is 1.98. The number of amides is 1. The van der Waals surface area contributed by atoms with Gasteiger partial charge in [-0.1, -0.05) is 18.2 Å². The highest BCUT2D eigenvalue weighted by Crippen LogP contribution is 2.13. The van der Waals surface area contributed by atoms with E-state index in [0.29, 0.717) is 0 Å². The number of carbonyl (C=O) groups is 2. The Bertz CT molecular complexity index is 681. The average Bonchev–Trinajstić information content (AvgIpc) is 2.96. The van der Waals surface area contributed by atoms with Crippen LogP contribution < -0.4 is 5.32 Å². The number of nitrogens with zero attached hydrogens (tertiary/aromatic N) is 2. The number of carboxylic acid groups (broad SMARTS) is 1. The third-order valence-corrected chi connectivity index (χ3v) is 3.14. The molecule has 7 nitrogen and oxygen atoms in total. The molecule has 0 aliphatic carbocycles. The van der Waals surface area contributed by atoms with Gasteiger partial charge in [0.1, 0.15) is 0 Å². The highest BCUT2D eigenvalue weighted by Gasteiger charge is 2.21. The summed E-state index contributed by atoms with van der Waals surface area (Å²) in [5.41, 5.74) is 2.15. The lowest BCUT2D eigenvalue weighted by atomic mass is 10.2. The van der Waals surface area contributed by atoms with Gasteiger partial charge in [-0.2, -0.15) is 5.10 Å². The highest BCUT2D eigenvalue weighted by molar-refractivity contribution is 5.96. The van der Waals surface area contributed by atoms with Gasteiger partial charge in [-0.05, 0) is 18.6 Å². The van der Waals surface area contributed by atoms with Crippen LogP contribution >= 0.6 is 0 Å². The molecule has 0 aliphatic rings. The third-order valence-electron chi connectivity index (χ3n) is 3.14. The average molecular weight is 303 g/mol. The second kappa shape index (κ2) is 6.86. The number of aryl methyl sites for hydroxylation is 1. The first-order valence-electron chi connectivity index (χ1n) is 6.66. The maximum Gasteiger partial charge on any atom is 0.328 e. The summed E-state index contributed by atoms with van der Waals surface area (Å²) < 4.78 is 6.36. The standard InChI is InChI=1S/C15H17N3O4/c1-10-5-3-4-6-13(10)18-8-11(7-16-18)14(19)17-12(9-22-2)15(20)21/h3-8,12H,9H2,1-2H3,(H,17,19)(H,20,21).